The van der Waals surface area contributed by atoms with E-state index >= 15 is 0 Å². The van der Waals surface area contributed by atoms with Gasteiger partial charge in [-0.1, -0.05) is 6.07 Å². The van der Waals surface area contributed by atoms with Gasteiger partial charge in [0, 0.05) is 67.9 Å². The lowest BCUT2D eigenvalue weighted by molar-refractivity contribution is 0.665. The highest BCUT2D eigenvalue weighted by atomic mass is 32.2. The van der Waals surface area contributed by atoms with E-state index in [4.69, 9.17) is 5.73 Å². The summed E-state index contributed by atoms with van der Waals surface area (Å²) in [6.45, 7) is 1.04. The molecule has 3 aromatic rings. The number of aromatic nitrogens is 4. The summed E-state index contributed by atoms with van der Waals surface area (Å²) < 4.78 is 2.11. The normalized spacial score (nSPS) is 18.9. The van der Waals surface area contributed by atoms with Crippen molar-refractivity contribution in [3.05, 3.63) is 64.3 Å². The zero-order chi connectivity index (χ0) is 21.4. The lowest BCUT2D eigenvalue weighted by atomic mass is 10.0. The summed E-state index contributed by atoms with van der Waals surface area (Å²) in [5.74, 6) is 0.919. The second kappa shape index (κ2) is 8.07. The number of nitrogens with zero attached hydrogens (tertiary/aromatic N) is 6. The van der Waals surface area contributed by atoms with Crippen LogP contribution in [-0.2, 0) is 6.42 Å². The molecule has 5 rings (SSSR count). The van der Waals surface area contributed by atoms with Gasteiger partial charge < -0.3 is 11.1 Å². The summed E-state index contributed by atoms with van der Waals surface area (Å²) in [6, 6.07) is 8.40. The molecule has 8 nitrogen and oxygen atoms in total. The van der Waals surface area contributed by atoms with Crippen molar-refractivity contribution < 1.29 is 0 Å². The van der Waals surface area contributed by atoms with Crippen molar-refractivity contribution in [3.63, 3.8) is 0 Å². The Balaban J connectivity index is 1.45. The Morgan fingerprint density at radius 1 is 1.32 bits per heavy atom. The summed E-state index contributed by atoms with van der Waals surface area (Å²) in [5.41, 5.74) is 10.9. The summed E-state index contributed by atoms with van der Waals surface area (Å²) >= 11 is 1.68. The summed E-state index contributed by atoms with van der Waals surface area (Å²) in [5, 5.41) is 17.7. The number of rotatable bonds is 4. The van der Waals surface area contributed by atoms with Crippen LogP contribution in [0.15, 0.2) is 57.5 Å². The number of thioether (sulfide) groups is 1. The minimum absolute atomic E-state index is 0.685. The van der Waals surface area contributed by atoms with Crippen LogP contribution in [0.2, 0.25) is 0 Å². The van der Waals surface area contributed by atoms with Gasteiger partial charge in [-0.25, -0.2) is 4.68 Å². The fourth-order valence-electron chi connectivity index (χ4n) is 4.03. The van der Waals surface area contributed by atoms with Gasteiger partial charge in [0.15, 0.2) is 5.82 Å². The van der Waals surface area contributed by atoms with Gasteiger partial charge in [0.2, 0.25) is 5.16 Å². The van der Waals surface area contributed by atoms with E-state index in [0.717, 1.165) is 51.5 Å². The number of benzene rings is 1. The fraction of sp³-hybridized carbons (Fsp3) is 0.273. The second-order valence-electron chi connectivity index (χ2n) is 7.59. The fourth-order valence-corrected chi connectivity index (χ4v) is 5.11. The van der Waals surface area contributed by atoms with Crippen molar-refractivity contribution in [2.75, 3.05) is 25.6 Å². The topological polar surface area (TPSA) is 97.2 Å². The smallest absolute Gasteiger partial charge is 0.216 e. The maximum Gasteiger partial charge on any atom is 0.216 e. The molecule has 0 unspecified atom stereocenters. The average molecular weight is 433 g/mol. The molecule has 0 aliphatic carbocycles. The molecule has 0 radical (unpaired) electrons. The molecule has 9 heteroatoms. The highest BCUT2D eigenvalue weighted by Gasteiger charge is 2.30. The van der Waals surface area contributed by atoms with E-state index < -0.39 is 0 Å². The van der Waals surface area contributed by atoms with Crippen LogP contribution in [0.25, 0.3) is 16.5 Å². The van der Waals surface area contributed by atoms with Gasteiger partial charge in [0.05, 0.1) is 5.52 Å². The van der Waals surface area contributed by atoms with Gasteiger partial charge in [-0.3, -0.25) is 15.0 Å². The minimum atomic E-state index is 0.685. The number of pyridine rings is 1. The van der Waals surface area contributed by atoms with Crippen molar-refractivity contribution in [1.82, 2.24) is 25.2 Å². The lowest BCUT2D eigenvalue weighted by Gasteiger charge is -2.18. The van der Waals surface area contributed by atoms with E-state index in [1.54, 1.807) is 31.2 Å². The Kier molecular flexibility index (Phi) is 5.11. The lowest BCUT2D eigenvalue weighted by Crippen LogP contribution is -2.28. The van der Waals surface area contributed by atoms with Gasteiger partial charge >= 0.3 is 0 Å². The molecule has 0 atom stereocenters. The van der Waals surface area contributed by atoms with Crippen LogP contribution in [0.5, 0.6) is 0 Å². The van der Waals surface area contributed by atoms with E-state index in [0.29, 0.717) is 6.42 Å². The molecule has 4 heterocycles. The molecule has 0 saturated carbocycles. The van der Waals surface area contributed by atoms with E-state index in [1.807, 2.05) is 12.3 Å². The van der Waals surface area contributed by atoms with Crippen LogP contribution in [0, 0.1) is 0 Å². The first kappa shape index (κ1) is 19.6. The van der Waals surface area contributed by atoms with E-state index in [-0.39, 0.29) is 0 Å². The summed E-state index contributed by atoms with van der Waals surface area (Å²) in [6.07, 6.45) is 8.07. The molecular weight excluding hydrogens is 408 g/mol. The second-order valence-corrected chi connectivity index (χ2v) is 8.54. The van der Waals surface area contributed by atoms with Gasteiger partial charge in [-0.05, 0) is 48.4 Å². The van der Waals surface area contributed by atoms with Crippen LogP contribution >= 0.6 is 11.8 Å². The highest BCUT2D eigenvalue weighted by Crippen LogP contribution is 2.38. The zero-order valence-corrected chi connectivity index (χ0v) is 18.4. The molecule has 2 aliphatic heterocycles. The number of nitrogens with one attached hydrogen (secondary N) is 1. The third kappa shape index (κ3) is 3.54. The third-order valence-electron chi connectivity index (χ3n) is 5.55. The quantitative estimate of drug-likeness (QED) is 0.612. The van der Waals surface area contributed by atoms with E-state index in [2.05, 4.69) is 60.4 Å². The first-order valence-corrected chi connectivity index (χ1v) is 11.1. The van der Waals surface area contributed by atoms with Crippen molar-refractivity contribution in [1.29, 1.82) is 0 Å². The average Bonchev–Trinajstić information content (AvgIpc) is 3.51. The van der Waals surface area contributed by atoms with Gasteiger partial charge in [-0.15, -0.1) is 10.2 Å². The molecule has 1 fully saturated rings. The maximum absolute atomic E-state index is 5.76. The first-order valence-electron chi connectivity index (χ1n) is 10.2. The molecule has 2 aliphatic rings. The largest absolute Gasteiger partial charge is 0.404 e. The summed E-state index contributed by atoms with van der Waals surface area (Å²) in [7, 11) is 3.80. The predicted molar refractivity (Wildman–Crippen MR) is 125 cm³/mol. The van der Waals surface area contributed by atoms with Crippen LogP contribution in [0.4, 0.5) is 0 Å². The Bertz CT molecular complexity index is 1230. The van der Waals surface area contributed by atoms with E-state index in [9.17, 15) is 0 Å². The number of aliphatic imine (C=N–C) groups is 1. The minimum Gasteiger partial charge on any atom is -0.404 e. The number of hydrogen-bond donors (Lipinski definition) is 2. The van der Waals surface area contributed by atoms with Crippen molar-refractivity contribution in [2.24, 2.45) is 10.7 Å². The van der Waals surface area contributed by atoms with Gasteiger partial charge in [-0.2, -0.15) is 0 Å². The van der Waals surface area contributed by atoms with Crippen LogP contribution in [0.1, 0.15) is 29.8 Å². The van der Waals surface area contributed by atoms with Crippen molar-refractivity contribution in [2.45, 2.75) is 24.4 Å². The predicted octanol–water partition coefficient (Wildman–Crippen LogP) is 2.64. The van der Waals surface area contributed by atoms with Crippen LogP contribution in [0.3, 0.4) is 0 Å². The van der Waals surface area contributed by atoms with Crippen molar-refractivity contribution in [3.8, 4) is 0 Å². The molecule has 0 amide bonds. The monoisotopic (exact) mass is 432 g/mol. The molecule has 1 aromatic carbocycles. The van der Waals surface area contributed by atoms with Crippen LogP contribution in [-0.4, -0.2) is 46.7 Å². The first-order chi connectivity index (χ1) is 15.2. The molecule has 3 N–H and O–H groups in total. The number of allylic oxidation sites excluding steroid dienone is 2. The Morgan fingerprint density at radius 3 is 3.00 bits per heavy atom. The van der Waals surface area contributed by atoms with Crippen molar-refractivity contribution >= 4 is 34.5 Å². The van der Waals surface area contributed by atoms with Gasteiger partial charge in [0.25, 0.3) is 0 Å². The number of hydrogen-bond acceptors (Lipinski definition) is 8. The molecule has 31 heavy (non-hydrogen) atoms. The third-order valence-corrected chi connectivity index (χ3v) is 6.69. The zero-order valence-electron chi connectivity index (χ0n) is 17.5. The number of fused-ring (bicyclic) bond motifs is 2. The van der Waals surface area contributed by atoms with Gasteiger partial charge in [0.1, 0.15) is 5.03 Å². The molecule has 0 bridgehead atoms. The Hall–Kier alpha value is -3.33. The standard InChI is InChI=1S/C22H24N8S/c1-24-12-17(11-23)16-10-15-8-14(5-6-18(15)26-13-16)9-20-27-28-22-30(20)29(2)21(31-22)19-4-3-7-25-19/h5-6,8,10-13,25H,3-4,7,9,23H2,1-2H3/b17-11+,21-19-,24-12?. The Morgan fingerprint density at radius 2 is 2.23 bits per heavy atom. The van der Waals surface area contributed by atoms with E-state index in [1.165, 1.54) is 17.1 Å². The molecule has 158 valence electrons. The highest BCUT2D eigenvalue weighted by molar-refractivity contribution is 8.03. The number of nitrogens with two attached hydrogens (primary N) is 1. The molecule has 1 saturated heterocycles. The van der Waals surface area contributed by atoms with Crippen LogP contribution < -0.4 is 16.1 Å². The Labute approximate surface area is 184 Å². The SMILES string of the molecule is CN=C/C(=C\N)c1cnc2ccc(Cc3nnc4n3N(C)/C(=C3\CCCN3)S4)cc2c1. The maximum atomic E-state index is 5.76. The molecular formula is C22H24N8S. The summed E-state index contributed by atoms with van der Waals surface area (Å²) in [4.78, 5) is 8.65. The molecule has 0 spiro atoms. The molecule has 2 aromatic heterocycles.